The molecule has 4 nitrogen and oxygen atoms in total. The summed E-state index contributed by atoms with van der Waals surface area (Å²) in [6.45, 7) is 8.67. The summed E-state index contributed by atoms with van der Waals surface area (Å²) in [6.07, 6.45) is 4.53. The Kier molecular flexibility index (Phi) is 5.68. The quantitative estimate of drug-likeness (QED) is 0.819. The number of rotatable bonds is 2. The zero-order chi connectivity index (χ0) is 18.6. The molecule has 0 spiro atoms. The van der Waals surface area contributed by atoms with E-state index in [0.29, 0.717) is 13.1 Å². The van der Waals surface area contributed by atoms with Crippen LogP contribution in [-0.2, 0) is 6.54 Å². The first-order valence-corrected chi connectivity index (χ1v) is 9.44. The van der Waals surface area contributed by atoms with Crippen molar-refractivity contribution in [3.63, 3.8) is 0 Å². The van der Waals surface area contributed by atoms with Gasteiger partial charge in [0.15, 0.2) is 0 Å². The highest BCUT2D eigenvalue weighted by Crippen LogP contribution is 2.34. The number of benzene rings is 1. The number of nitrogens with zero attached hydrogens (tertiary/aromatic N) is 2. The van der Waals surface area contributed by atoms with Crippen molar-refractivity contribution in [3.05, 3.63) is 47.0 Å². The van der Waals surface area contributed by atoms with E-state index in [1.807, 2.05) is 6.08 Å². The zero-order valence-electron chi connectivity index (χ0n) is 15.8. The third-order valence-corrected chi connectivity index (χ3v) is 5.37. The van der Waals surface area contributed by atoms with Crippen molar-refractivity contribution in [2.75, 3.05) is 26.2 Å². The minimum atomic E-state index is -0.835. The number of allylic oxidation sites excluding steroid dienone is 1. The number of piperidine rings is 1. The predicted octanol–water partition coefficient (Wildman–Crippen LogP) is 3.97. The highest BCUT2D eigenvalue weighted by molar-refractivity contribution is 5.65. The molecule has 2 aliphatic rings. The molecule has 0 radical (unpaired) electrons. The van der Waals surface area contributed by atoms with Crippen LogP contribution in [-0.4, -0.2) is 47.2 Å². The molecule has 2 heterocycles. The van der Waals surface area contributed by atoms with E-state index < -0.39 is 6.09 Å². The van der Waals surface area contributed by atoms with Gasteiger partial charge in [0.25, 0.3) is 0 Å². The van der Waals surface area contributed by atoms with E-state index in [9.17, 15) is 9.90 Å². The van der Waals surface area contributed by atoms with Crippen molar-refractivity contribution in [2.24, 2.45) is 5.41 Å². The van der Waals surface area contributed by atoms with Crippen molar-refractivity contribution < 1.29 is 9.90 Å². The molecule has 0 atom stereocenters. The molecule has 0 unspecified atom stereocenters. The van der Waals surface area contributed by atoms with Crippen LogP contribution >= 0.6 is 0 Å². The molecule has 26 heavy (non-hydrogen) atoms. The molecule has 0 aromatic heterocycles. The van der Waals surface area contributed by atoms with Gasteiger partial charge in [-0.3, -0.25) is 4.90 Å². The number of amides is 1. The Bertz CT molecular complexity index is 749. The fraction of sp³-hybridized carbons (Fsp3) is 0.500. The smallest absolute Gasteiger partial charge is 0.407 e. The van der Waals surface area contributed by atoms with Gasteiger partial charge in [-0.1, -0.05) is 43.4 Å². The van der Waals surface area contributed by atoms with Crippen LogP contribution in [0.1, 0.15) is 44.2 Å². The molecule has 3 rings (SSSR count). The summed E-state index contributed by atoms with van der Waals surface area (Å²) in [5.74, 6) is 6.45. The topological polar surface area (TPSA) is 43.8 Å². The van der Waals surface area contributed by atoms with Crippen molar-refractivity contribution in [3.8, 4) is 11.8 Å². The van der Waals surface area contributed by atoms with Crippen LogP contribution < -0.4 is 0 Å². The molecule has 1 N–H and O–H groups in total. The SMILES string of the molecule is CC1(C)CN(C(=O)O)CC/C1=C\C#Cc1cccc(CN2CCCC2)c1. The van der Waals surface area contributed by atoms with E-state index >= 15 is 0 Å². The Labute approximate surface area is 156 Å². The van der Waals surface area contributed by atoms with Crippen molar-refractivity contribution in [2.45, 2.75) is 39.7 Å². The Morgan fingerprint density at radius 2 is 2.04 bits per heavy atom. The summed E-state index contributed by atoms with van der Waals surface area (Å²) >= 11 is 0. The van der Waals surface area contributed by atoms with Gasteiger partial charge >= 0.3 is 6.09 Å². The first-order valence-electron chi connectivity index (χ1n) is 9.44. The summed E-state index contributed by atoms with van der Waals surface area (Å²) in [4.78, 5) is 15.2. The number of carboxylic acid groups (broad SMARTS) is 1. The third-order valence-electron chi connectivity index (χ3n) is 5.37. The summed E-state index contributed by atoms with van der Waals surface area (Å²) in [7, 11) is 0. The Balaban J connectivity index is 1.67. The molecule has 0 aliphatic carbocycles. The molecule has 1 aromatic carbocycles. The maximum Gasteiger partial charge on any atom is 0.407 e. The van der Waals surface area contributed by atoms with E-state index in [1.165, 1.54) is 42.0 Å². The summed E-state index contributed by atoms with van der Waals surface area (Å²) in [5.41, 5.74) is 3.43. The monoisotopic (exact) mass is 352 g/mol. The molecule has 2 fully saturated rings. The van der Waals surface area contributed by atoms with Gasteiger partial charge in [-0.15, -0.1) is 0 Å². The van der Waals surface area contributed by atoms with Gasteiger partial charge in [0.05, 0.1) is 0 Å². The molecule has 1 aromatic rings. The van der Waals surface area contributed by atoms with Crippen LogP contribution in [0.15, 0.2) is 35.9 Å². The first-order chi connectivity index (χ1) is 12.4. The molecular weight excluding hydrogens is 324 g/mol. The maximum absolute atomic E-state index is 11.2. The Morgan fingerprint density at radius 3 is 2.73 bits per heavy atom. The second-order valence-corrected chi connectivity index (χ2v) is 7.96. The first kappa shape index (κ1) is 18.5. The van der Waals surface area contributed by atoms with E-state index in [-0.39, 0.29) is 5.41 Å². The van der Waals surface area contributed by atoms with E-state index in [2.05, 4.69) is 54.9 Å². The van der Waals surface area contributed by atoms with Crippen LogP contribution in [0.3, 0.4) is 0 Å². The van der Waals surface area contributed by atoms with E-state index in [1.54, 1.807) is 0 Å². The average molecular weight is 352 g/mol. The molecule has 2 aliphatic heterocycles. The minimum absolute atomic E-state index is 0.164. The number of carbonyl (C=O) groups is 1. The lowest BCUT2D eigenvalue weighted by molar-refractivity contribution is 0.117. The summed E-state index contributed by atoms with van der Waals surface area (Å²) in [5, 5.41) is 9.18. The fourth-order valence-electron chi connectivity index (χ4n) is 3.84. The lowest BCUT2D eigenvalue weighted by Gasteiger charge is -2.38. The summed E-state index contributed by atoms with van der Waals surface area (Å²) in [6, 6.07) is 8.49. The normalized spacial score (nSPS) is 21.5. The van der Waals surface area contributed by atoms with Crippen molar-refractivity contribution >= 4 is 6.09 Å². The second-order valence-electron chi connectivity index (χ2n) is 7.96. The molecule has 138 valence electrons. The third kappa shape index (κ3) is 4.68. The van der Waals surface area contributed by atoms with Gasteiger partial charge in [-0.2, -0.15) is 0 Å². The highest BCUT2D eigenvalue weighted by atomic mass is 16.4. The molecule has 1 amide bonds. The lowest BCUT2D eigenvalue weighted by atomic mass is 9.79. The minimum Gasteiger partial charge on any atom is -0.465 e. The standard InChI is InChI=1S/C22H28N2O2/c1-22(2)17-24(21(25)26)14-11-20(22)10-6-8-18-7-5-9-19(15-18)16-23-12-3-4-13-23/h5,7,9-10,15H,3-4,11-14,16-17H2,1-2H3,(H,25,26)/b20-10+. The van der Waals surface area contributed by atoms with Crippen LogP contribution in [0, 0.1) is 17.3 Å². The zero-order valence-corrected chi connectivity index (χ0v) is 15.8. The second kappa shape index (κ2) is 7.97. The Hall–Kier alpha value is -2.25. The number of hydrogen-bond acceptors (Lipinski definition) is 2. The van der Waals surface area contributed by atoms with Gasteiger partial charge in [-0.25, -0.2) is 4.79 Å². The van der Waals surface area contributed by atoms with Gasteiger partial charge in [0, 0.05) is 30.6 Å². The maximum atomic E-state index is 11.2. The van der Waals surface area contributed by atoms with Gasteiger partial charge in [0.1, 0.15) is 0 Å². The number of hydrogen-bond donors (Lipinski definition) is 1. The van der Waals surface area contributed by atoms with Gasteiger partial charge in [0.2, 0.25) is 0 Å². The average Bonchev–Trinajstić information content (AvgIpc) is 3.09. The van der Waals surface area contributed by atoms with Crippen LogP contribution in [0.2, 0.25) is 0 Å². The molecule has 0 bridgehead atoms. The molecule has 0 saturated carbocycles. The van der Waals surface area contributed by atoms with Crippen molar-refractivity contribution in [1.29, 1.82) is 0 Å². The largest absolute Gasteiger partial charge is 0.465 e. The van der Waals surface area contributed by atoms with Gasteiger partial charge < -0.3 is 10.0 Å². The number of likely N-dealkylation sites (tertiary alicyclic amines) is 2. The Morgan fingerprint density at radius 1 is 1.27 bits per heavy atom. The summed E-state index contributed by atoms with van der Waals surface area (Å²) < 4.78 is 0. The van der Waals surface area contributed by atoms with Crippen LogP contribution in [0.25, 0.3) is 0 Å². The molecular formula is C22H28N2O2. The van der Waals surface area contributed by atoms with Crippen LogP contribution in [0.5, 0.6) is 0 Å². The van der Waals surface area contributed by atoms with E-state index in [0.717, 1.165) is 18.5 Å². The van der Waals surface area contributed by atoms with Gasteiger partial charge in [-0.05, 0) is 56.1 Å². The fourth-order valence-corrected chi connectivity index (χ4v) is 3.84. The predicted molar refractivity (Wildman–Crippen MR) is 104 cm³/mol. The van der Waals surface area contributed by atoms with Crippen LogP contribution in [0.4, 0.5) is 4.79 Å². The molecule has 4 heteroatoms. The lowest BCUT2D eigenvalue weighted by Crippen LogP contribution is -2.44. The molecule has 2 saturated heterocycles. The van der Waals surface area contributed by atoms with Crippen molar-refractivity contribution in [1.82, 2.24) is 9.80 Å². The highest BCUT2D eigenvalue weighted by Gasteiger charge is 2.32. The van der Waals surface area contributed by atoms with E-state index in [4.69, 9.17) is 0 Å².